The zero-order valence-electron chi connectivity index (χ0n) is 9.45. The van der Waals surface area contributed by atoms with Crippen LogP contribution in [0.15, 0.2) is 22.7 Å². The summed E-state index contributed by atoms with van der Waals surface area (Å²) >= 11 is 6.82. The molecule has 0 saturated carbocycles. The van der Waals surface area contributed by atoms with Gasteiger partial charge in [-0.1, -0.05) is 31.9 Å². The molecule has 1 rings (SSSR count). The Morgan fingerprint density at radius 3 is 2.65 bits per heavy atom. The van der Waals surface area contributed by atoms with E-state index >= 15 is 0 Å². The van der Waals surface area contributed by atoms with E-state index in [2.05, 4.69) is 31.9 Å². The van der Waals surface area contributed by atoms with Crippen LogP contribution in [0.1, 0.15) is 12.0 Å². The van der Waals surface area contributed by atoms with E-state index in [1.54, 1.807) is 0 Å². The predicted molar refractivity (Wildman–Crippen MR) is 76.6 cm³/mol. The standard InChI is InChI=1S/C11H14Br2O3S/c1-17(14,15)6-2-5-16-10-3-4-11(13)9(7-10)8-12/h3-4,7H,2,5-6,8H2,1H3. The van der Waals surface area contributed by atoms with Crippen molar-refractivity contribution in [1.82, 2.24) is 0 Å². The van der Waals surface area contributed by atoms with Gasteiger partial charge in [-0.25, -0.2) is 8.42 Å². The lowest BCUT2D eigenvalue weighted by molar-refractivity contribution is 0.317. The third kappa shape index (κ3) is 5.88. The monoisotopic (exact) mass is 384 g/mol. The van der Waals surface area contributed by atoms with Crippen LogP contribution in [-0.2, 0) is 15.2 Å². The Kier molecular flexibility index (Phi) is 5.95. The first-order chi connectivity index (χ1) is 7.92. The molecule has 0 fully saturated rings. The first kappa shape index (κ1) is 15.0. The molecule has 0 aliphatic carbocycles. The molecule has 0 spiro atoms. The molecule has 0 N–H and O–H groups in total. The molecule has 0 heterocycles. The summed E-state index contributed by atoms with van der Waals surface area (Å²) in [6, 6.07) is 5.71. The molecule has 6 heteroatoms. The third-order valence-electron chi connectivity index (χ3n) is 2.09. The average molecular weight is 386 g/mol. The molecule has 0 saturated heterocycles. The highest BCUT2D eigenvalue weighted by atomic mass is 79.9. The molecule has 0 radical (unpaired) electrons. The molecule has 0 amide bonds. The molecular weight excluding hydrogens is 372 g/mol. The Balaban J connectivity index is 2.47. The molecule has 1 aromatic rings. The van der Waals surface area contributed by atoms with Crippen molar-refractivity contribution in [3.63, 3.8) is 0 Å². The van der Waals surface area contributed by atoms with Crippen LogP contribution >= 0.6 is 31.9 Å². The highest BCUT2D eigenvalue weighted by molar-refractivity contribution is 9.10. The number of hydrogen-bond acceptors (Lipinski definition) is 3. The van der Waals surface area contributed by atoms with Crippen LogP contribution in [0.2, 0.25) is 0 Å². The maximum absolute atomic E-state index is 10.9. The first-order valence-electron chi connectivity index (χ1n) is 5.07. The molecule has 0 aromatic heterocycles. The number of benzene rings is 1. The van der Waals surface area contributed by atoms with E-state index in [0.29, 0.717) is 13.0 Å². The maximum Gasteiger partial charge on any atom is 0.147 e. The Morgan fingerprint density at radius 1 is 1.35 bits per heavy atom. The van der Waals surface area contributed by atoms with Gasteiger partial charge in [-0.2, -0.15) is 0 Å². The van der Waals surface area contributed by atoms with Gasteiger partial charge in [0.25, 0.3) is 0 Å². The van der Waals surface area contributed by atoms with E-state index in [-0.39, 0.29) is 5.75 Å². The zero-order chi connectivity index (χ0) is 12.9. The Morgan fingerprint density at radius 2 is 2.06 bits per heavy atom. The van der Waals surface area contributed by atoms with E-state index in [4.69, 9.17) is 4.74 Å². The van der Waals surface area contributed by atoms with Gasteiger partial charge in [-0.05, 0) is 30.2 Å². The van der Waals surface area contributed by atoms with E-state index in [0.717, 1.165) is 21.1 Å². The topological polar surface area (TPSA) is 43.4 Å². The number of rotatable bonds is 6. The molecule has 0 unspecified atom stereocenters. The lowest BCUT2D eigenvalue weighted by Gasteiger charge is -2.08. The van der Waals surface area contributed by atoms with Crippen molar-refractivity contribution >= 4 is 41.7 Å². The van der Waals surface area contributed by atoms with E-state index < -0.39 is 9.84 Å². The van der Waals surface area contributed by atoms with Crippen LogP contribution in [0.3, 0.4) is 0 Å². The van der Waals surface area contributed by atoms with Crippen LogP contribution in [0.4, 0.5) is 0 Å². The normalized spacial score (nSPS) is 11.5. The molecule has 0 atom stereocenters. The number of ether oxygens (including phenoxy) is 1. The third-order valence-corrected chi connectivity index (χ3v) is 4.50. The van der Waals surface area contributed by atoms with Crippen molar-refractivity contribution in [3.05, 3.63) is 28.2 Å². The number of alkyl halides is 1. The quantitative estimate of drug-likeness (QED) is 0.558. The summed E-state index contributed by atoms with van der Waals surface area (Å²) in [5, 5.41) is 0.744. The number of halogens is 2. The minimum absolute atomic E-state index is 0.162. The maximum atomic E-state index is 10.9. The van der Waals surface area contributed by atoms with E-state index in [1.807, 2.05) is 18.2 Å². The largest absolute Gasteiger partial charge is 0.494 e. The summed E-state index contributed by atoms with van der Waals surface area (Å²) in [5.74, 6) is 0.922. The van der Waals surface area contributed by atoms with Crippen molar-refractivity contribution in [2.24, 2.45) is 0 Å². The van der Waals surface area contributed by atoms with Gasteiger partial charge >= 0.3 is 0 Å². The van der Waals surface area contributed by atoms with Crippen LogP contribution < -0.4 is 4.74 Å². The minimum Gasteiger partial charge on any atom is -0.494 e. The summed E-state index contributed by atoms with van der Waals surface area (Å²) in [6.07, 6.45) is 1.74. The molecule has 0 bridgehead atoms. The number of hydrogen-bond donors (Lipinski definition) is 0. The molecule has 96 valence electrons. The van der Waals surface area contributed by atoms with E-state index in [1.165, 1.54) is 6.26 Å². The predicted octanol–water partition coefficient (Wildman–Crippen LogP) is 3.16. The summed E-state index contributed by atoms with van der Waals surface area (Å²) in [7, 11) is -2.89. The van der Waals surface area contributed by atoms with Crippen molar-refractivity contribution in [1.29, 1.82) is 0 Å². The van der Waals surface area contributed by atoms with Gasteiger partial charge in [0.15, 0.2) is 0 Å². The van der Waals surface area contributed by atoms with Gasteiger partial charge in [-0.15, -0.1) is 0 Å². The molecular formula is C11H14Br2O3S. The SMILES string of the molecule is CS(=O)(=O)CCCOc1ccc(Br)c(CBr)c1. The zero-order valence-corrected chi connectivity index (χ0v) is 13.4. The van der Waals surface area contributed by atoms with Gasteiger partial charge in [0.2, 0.25) is 0 Å². The Labute approximate surface area is 119 Å². The van der Waals surface area contributed by atoms with Crippen molar-refractivity contribution in [2.75, 3.05) is 18.6 Å². The van der Waals surface area contributed by atoms with Gasteiger partial charge in [0.05, 0.1) is 12.4 Å². The fourth-order valence-electron chi connectivity index (χ4n) is 1.25. The molecule has 17 heavy (non-hydrogen) atoms. The van der Waals surface area contributed by atoms with Crippen LogP contribution in [-0.4, -0.2) is 27.0 Å². The first-order valence-corrected chi connectivity index (χ1v) is 9.05. The van der Waals surface area contributed by atoms with Crippen LogP contribution in [0, 0.1) is 0 Å². The van der Waals surface area contributed by atoms with E-state index in [9.17, 15) is 8.42 Å². The lowest BCUT2D eigenvalue weighted by atomic mass is 10.2. The summed E-state index contributed by atoms with van der Waals surface area (Å²) in [6.45, 7) is 0.413. The number of sulfone groups is 1. The highest BCUT2D eigenvalue weighted by Gasteiger charge is 2.03. The summed E-state index contributed by atoms with van der Waals surface area (Å²) in [5.41, 5.74) is 1.10. The Bertz CT molecular complexity index is 472. The second-order valence-corrected chi connectivity index (χ2v) is 7.39. The van der Waals surface area contributed by atoms with Gasteiger partial charge < -0.3 is 4.74 Å². The smallest absolute Gasteiger partial charge is 0.147 e. The van der Waals surface area contributed by atoms with Gasteiger partial charge in [0, 0.05) is 16.1 Å². The fourth-order valence-corrected chi connectivity index (χ4v) is 3.12. The van der Waals surface area contributed by atoms with Crippen LogP contribution in [0.25, 0.3) is 0 Å². The van der Waals surface area contributed by atoms with Gasteiger partial charge in [-0.3, -0.25) is 0 Å². The second-order valence-electron chi connectivity index (χ2n) is 3.72. The van der Waals surface area contributed by atoms with Gasteiger partial charge in [0.1, 0.15) is 15.6 Å². The second kappa shape index (κ2) is 6.75. The van der Waals surface area contributed by atoms with Crippen molar-refractivity contribution in [2.45, 2.75) is 11.8 Å². The minimum atomic E-state index is -2.89. The molecule has 0 aliphatic heterocycles. The molecule has 1 aromatic carbocycles. The highest BCUT2D eigenvalue weighted by Crippen LogP contribution is 2.24. The lowest BCUT2D eigenvalue weighted by Crippen LogP contribution is -2.08. The summed E-state index contributed by atoms with van der Waals surface area (Å²) < 4.78 is 28.4. The fraction of sp³-hybridized carbons (Fsp3) is 0.455. The Hall–Kier alpha value is -0.0700. The van der Waals surface area contributed by atoms with Crippen LogP contribution in [0.5, 0.6) is 5.75 Å². The summed E-state index contributed by atoms with van der Waals surface area (Å²) in [4.78, 5) is 0. The van der Waals surface area contributed by atoms with Crippen molar-refractivity contribution in [3.8, 4) is 5.75 Å². The average Bonchev–Trinajstić information content (AvgIpc) is 2.25. The van der Waals surface area contributed by atoms with Crippen molar-refractivity contribution < 1.29 is 13.2 Å². The molecule has 3 nitrogen and oxygen atoms in total. The molecule has 0 aliphatic rings.